The van der Waals surface area contributed by atoms with Gasteiger partial charge in [-0.1, -0.05) is 12.1 Å². The van der Waals surface area contributed by atoms with Crippen LogP contribution < -0.4 is 5.32 Å². The van der Waals surface area contributed by atoms with E-state index in [4.69, 9.17) is 0 Å². The van der Waals surface area contributed by atoms with Crippen LogP contribution in [-0.4, -0.2) is 34.9 Å². The maximum absolute atomic E-state index is 12.5. The molecule has 3 amide bonds. The van der Waals surface area contributed by atoms with Gasteiger partial charge in [0.05, 0.1) is 0 Å². The van der Waals surface area contributed by atoms with Crippen LogP contribution in [0.4, 0.5) is 0 Å². The van der Waals surface area contributed by atoms with E-state index in [9.17, 15) is 19.2 Å². The molecule has 2 aliphatic rings. The molecular weight excluding hydrogens is 272 g/mol. The van der Waals surface area contributed by atoms with Gasteiger partial charge in [-0.25, -0.2) is 0 Å². The normalized spacial score (nSPS) is 21.2. The second kappa shape index (κ2) is 5.12. The third-order valence-electron chi connectivity index (χ3n) is 3.91. The van der Waals surface area contributed by atoms with Crippen LogP contribution in [0.25, 0.3) is 0 Å². The van der Waals surface area contributed by atoms with Gasteiger partial charge >= 0.3 is 0 Å². The number of hydrogen-bond acceptors (Lipinski definition) is 4. The van der Waals surface area contributed by atoms with Crippen molar-refractivity contribution in [3.05, 3.63) is 34.9 Å². The molecule has 1 N–H and O–H groups in total. The quantitative estimate of drug-likeness (QED) is 0.635. The molecule has 108 valence electrons. The van der Waals surface area contributed by atoms with E-state index >= 15 is 0 Å². The number of piperidine rings is 1. The molecule has 1 unspecified atom stereocenters. The SMILES string of the molecule is O=CCc1ccc2c(c1)C(=O)N(C1CCC(=O)NC1=O)C2. The Bertz CT molecular complexity index is 653. The van der Waals surface area contributed by atoms with E-state index in [1.54, 1.807) is 6.07 Å². The number of amides is 3. The highest BCUT2D eigenvalue weighted by molar-refractivity contribution is 6.05. The molecule has 3 rings (SSSR count). The van der Waals surface area contributed by atoms with Crippen molar-refractivity contribution in [3.63, 3.8) is 0 Å². The number of rotatable bonds is 3. The van der Waals surface area contributed by atoms with Crippen LogP contribution in [0.3, 0.4) is 0 Å². The molecule has 21 heavy (non-hydrogen) atoms. The van der Waals surface area contributed by atoms with Crippen molar-refractivity contribution in [2.45, 2.75) is 31.8 Å². The molecule has 2 aliphatic heterocycles. The van der Waals surface area contributed by atoms with Crippen LogP contribution in [0.2, 0.25) is 0 Å². The predicted molar refractivity (Wildman–Crippen MR) is 72.3 cm³/mol. The van der Waals surface area contributed by atoms with Crippen molar-refractivity contribution in [2.24, 2.45) is 0 Å². The van der Waals surface area contributed by atoms with Crippen LogP contribution in [0.1, 0.15) is 34.3 Å². The zero-order chi connectivity index (χ0) is 15.0. The number of benzene rings is 1. The second-order valence-electron chi connectivity index (χ2n) is 5.26. The lowest BCUT2D eigenvalue weighted by Crippen LogP contribution is -2.52. The number of fused-ring (bicyclic) bond motifs is 1. The van der Waals surface area contributed by atoms with Crippen LogP contribution in [0.15, 0.2) is 18.2 Å². The van der Waals surface area contributed by atoms with Gasteiger partial charge in [0.1, 0.15) is 12.3 Å². The fraction of sp³-hybridized carbons (Fsp3) is 0.333. The predicted octanol–water partition coefficient (Wildman–Crippen LogP) is 0.189. The Labute approximate surface area is 121 Å². The molecule has 0 radical (unpaired) electrons. The molecular formula is C15H14N2O4. The molecule has 0 bridgehead atoms. The maximum atomic E-state index is 12.5. The molecule has 1 fully saturated rings. The number of carbonyl (C=O) groups excluding carboxylic acids is 4. The van der Waals surface area contributed by atoms with E-state index in [1.807, 2.05) is 12.1 Å². The molecule has 6 nitrogen and oxygen atoms in total. The molecule has 1 saturated heterocycles. The molecule has 1 atom stereocenters. The summed E-state index contributed by atoms with van der Waals surface area (Å²) in [6.07, 6.45) is 1.65. The summed E-state index contributed by atoms with van der Waals surface area (Å²) in [6, 6.07) is 4.74. The zero-order valence-corrected chi connectivity index (χ0v) is 11.3. The largest absolute Gasteiger partial charge is 0.322 e. The van der Waals surface area contributed by atoms with E-state index in [0.717, 1.165) is 17.4 Å². The molecule has 1 aromatic carbocycles. The van der Waals surface area contributed by atoms with Gasteiger partial charge in [0.25, 0.3) is 5.91 Å². The van der Waals surface area contributed by atoms with E-state index in [1.165, 1.54) is 4.90 Å². The molecule has 0 aromatic heterocycles. The Balaban J connectivity index is 1.85. The Hall–Kier alpha value is -2.50. The van der Waals surface area contributed by atoms with E-state index in [2.05, 4.69) is 5.32 Å². The standard InChI is InChI=1S/C15H14N2O4/c18-6-5-9-1-2-10-8-17(15(21)11(10)7-9)12-3-4-13(19)16-14(12)20/h1-2,6-7,12H,3-5,8H2,(H,16,19,20). The van der Waals surface area contributed by atoms with Crippen LogP contribution >= 0.6 is 0 Å². The van der Waals surface area contributed by atoms with Gasteiger partial charge in [0.15, 0.2) is 0 Å². The summed E-state index contributed by atoms with van der Waals surface area (Å²) < 4.78 is 0. The monoisotopic (exact) mass is 286 g/mol. The van der Waals surface area contributed by atoms with Crippen LogP contribution in [0.5, 0.6) is 0 Å². The van der Waals surface area contributed by atoms with Gasteiger partial charge in [-0.2, -0.15) is 0 Å². The Kier molecular flexibility index (Phi) is 3.29. The minimum Gasteiger partial charge on any atom is -0.322 e. The van der Waals surface area contributed by atoms with Crippen LogP contribution in [-0.2, 0) is 27.3 Å². The van der Waals surface area contributed by atoms with Crippen molar-refractivity contribution in [2.75, 3.05) is 0 Å². The lowest BCUT2D eigenvalue weighted by molar-refractivity contribution is -0.136. The third-order valence-corrected chi connectivity index (χ3v) is 3.91. The number of nitrogens with zero attached hydrogens (tertiary/aromatic N) is 1. The first-order valence-electron chi connectivity index (χ1n) is 6.80. The molecule has 0 saturated carbocycles. The summed E-state index contributed by atoms with van der Waals surface area (Å²) in [6.45, 7) is 0.363. The first kappa shape index (κ1) is 13.5. The van der Waals surface area contributed by atoms with Gasteiger partial charge in [-0.05, 0) is 23.6 Å². The summed E-state index contributed by atoms with van der Waals surface area (Å²) in [5, 5.41) is 2.27. The summed E-state index contributed by atoms with van der Waals surface area (Å²) in [5.74, 6) is -0.929. The molecule has 6 heteroatoms. The lowest BCUT2D eigenvalue weighted by Gasteiger charge is -2.29. The maximum Gasteiger partial charge on any atom is 0.255 e. The highest BCUT2D eigenvalue weighted by atomic mass is 16.2. The summed E-state index contributed by atoms with van der Waals surface area (Å²) in [5.41, 5.74) is 2.17. The Morgan fingerprint density at radius 1 is 1.29 bits per heavy atom. The summed E-state index contributed by atoms with van der Waals surface area (Å²) in [7, 11) is 0. The van der Waals surface area contributed by atoms with Crippen molar-refractivity contribution in [1.29, 1.82) is 0 Å². The Morgan fingerprint density at radius 3 is 2.81 bits per heavy atom. The van der Waals surface area contributed by atoms with E-state index in [-0.39, 0.29) is 24.7 Å². The molecule has 0 spiro atoms. The molecule has 1 aromatic rings. The minimum absolute atomic E-state index is 0.216. The average Bonchev–Trinajstić information content (AvgIpc) is 2.77. The second-order valence-corrected chi connectivity index (χ2v) is 5.26. The number of hydrogen-bond donors (Lipinski definition) is 1. The first-order valence-corrected chi connectivity index (χ1v) is 6.80. The topological polar surface area (TPSA) is 83.6 Å². The van der Waals surface area contributed by atoms with Crippen molar-refractivity contribution < 1.29 is 19.2 Å². The third kappa shape index (κ3) is 2.33. The van der Waals surface area contributed by atoms with Crippen molar-refractivity contribution in [3.8, 4) is 0 Å². The van der Waals surface area contributed by atoms with Gasteiger partial charge in [-0.3, -0.25) is 19.7 Å². The van der Waals surface area contributed by atoms with Crippen molar-refractivity contribution >= 4 is 24.0 Å². The number of aldehydes is 1. The highest BCUT2D eigenvalue weighted by Crippen LogP contribution is 2.28. The molecule has 2 heterocycles. The average molecular weight is 286 g/mol. The highest BCUT2D eigenvalue weighted by Gasteiger charge is 2.38. The van der Waals surface area contributed by atoms with Crippen LogP contribution in [0, 0.1) is 0 Å². The first-order chi connectivity index (χ1) is 10.1. The fourth-order valence-corrected chi connectivity index (χ4v) is 2.83. The van der Waals surface area contributed by atoms with Gasteiger partial charge in [0, 0.05) is 24.9 Å². The summed E-state index contributed by atoms with van der Waals surface area (Å²) >= 11 is 0. The number of nitrogens with one attached hydrogen (secondary N) is 1. The van der Waals surface area contributed by atoms with Gasteiger partial charge < -0.3 is 9.69 Å². The van der Waals surface area contributed by atoms with Gasteiger partial charge in [0.2, 0.25) is 11.8 Å². The lowest BCUT2D eigenvalue weighted by atomic mass is 10.0. The number of carbonyl (C=O) groups is 4. The Morgan fingerprint density at radius 2 is 2.10 bits per heavy atom. The zero-order valence-electron chi connectivity index (χ0n) is 11.3. The number of imide groups is 1. The van der Waals surface area contributed by atoms with E-state index in [0.29, 0.717) is 18.5 Å². The van der Waals surface area contributed by atoms with E-state index < -0.39 is 11.9 Å². The minimum atomic E-state index is -0.600. The summed E-state index contributed by atoms with van der Waals surface area (Å²) in [4.78, 5) is 47.6. The molecule has 0 aliphatic carbocycles. The fourth-order valence-electron chi connectivity index (χ4n) is 2.83. The van der Waals surface area contributed by atoms with Crippen molar-refractivity contribution in [1.82, 2.24) is 10.2 Å². The smallest absolute Gasteiger partial charge is 0.255 e. The van der Waals surface area contributed by atoms with Gasteiger partial charge in [-0.15, -0.1) is 0 Å².